The van der Waals surface area contributed by atoms with Gasteiger partial charge in [-0.1, -0.05) is 149 Å². The van der Waals surface area contributed by atoms with Crippen LogP contribution in [0.25, 0.3) is 88.7 Å². The monoisotopic (exact) mass is 796 g/mol. The molecule has 1 aromatic heterocycles. The summed E-state index contributed by atoms with van der Waals surface area (Å²) in [6.45, 7) is 9.81. The quantitative estimate of drug-likeness (QED) is 0.177. The average molecular weight is 797 g/mol. The lowest BCUT2D eigenvalue weighted by Gasteiger charge is -2.31. The van der Waals surface area contributed by atoms with Gasteiger partial charge < -0.3 is 9.15 Å². The third kappa shape index (κ3) is 4.98. The van der Waals surface area contributed by atoms with Crippen molar-refractivity contribution in [1.82, 2.24) is 0 Å². The van der Waals surface area contributed by atoms with Gasteiger partial charge in [0.05, 0.1) is 0 Å². The standard InChI is InChI=1S/C60H44O2/c1-59(2)50-32-39(37-23-27-54-47(30-37)43-17-8-10-19-52(43)61-54)21-25-42(50)49-34-46(41-16-12-15-36(29-41)35-13-6-5-7-14-35)56-45-26-22-40(33-51(45)60(3,4)58(56)57(49)59)38-24-28-55-48(31-38)44-18-9-11-20-53(44)62-55/h5-34,43,52H,1-4H3. The Kier molecular flexibility index (Phi) is 7.28. The molecule has 0 saturated heterocycles. The molecule has 2 unspecified atom stereocenters. The fraction of sp³-hybridized carbons (Fsp3) is 0.133. The number of para-hydroxylation sites is 1. The Bertz CT molecular complexity index is 3440. The lowest BCUT2D eigenvalue weighted by Crippen LogP contribution is -2.24. The van der Waals surface area contributed by atoms with Gasteiger partial charge in [0, 0.05) is 33.1 Å². The van der Waals surface area contributed by atoms with Crippen LogP contribution in [-0.2, 0) is 10.8 Å². The Morgan fingerprint density at radius 2 is 1.05 bits per heavy atom. The second kappa shape index (κ2) is 12.7. The topological polar surface area (TPSA) is 22.4 Å². The number of fused-ring (bicyclic) bond motifs is 13. The van der Waals surface area contributed by atoms with Gasteiger partial charge >= 0.3 is 0 Å². The predicted octanol–water partition coefficient (Wildman–Crippen LogP) is 15.8. The van der Waals surface area contributed by atoms with Crippen molar-refractivity contribution in [1.29, 1.82) is 0 Å². The number of allylic oxidation sites excluding steroid dienone is 2. The maximum Gasteiger partial charge on any atom is 0.135 e. The van der Waals surface area contributed by atoms with Crippen molar-refractivity contribution in [3.05, 3.63) is 210 Å². The number of benzene rings is 8. The van der Waals surface area contributed by atoms with Crippen molar-refractivity contribution in [2.45, 2.75) is 50.5 Å². The third-order valence-corrected chi connectivity index (χ3v) is 14.6. The number of ether oxygens (including phenoxy) is 1. The molecule has 9 aromatic rings. The Morgan fingerprint density at radius 1 is 0.419 bits per heavy atom. The third-order valence-electron chi connectivity index (χ3n) is 14.6. The normalized spacial score (nSPS) is 17.9. The van der Waals surface area contributed by atoms with Gasteiger partial charge in [-0.2, -0.15) is 0 Å². The molecule has 0 fully saturated rings. The van der Waals surface area contributed by atoms with Crippen molar-refractivity contribution in [2.24, 2.45) is 0 Å². The molecule has 8 aromatic carbocycles. The summed E-state index contributed by atoms with van der Waals surface area (Å²) >= 11 is 0. The molecule has 0 spiro atoms. The van der Waals surface area contributed by atoms with E-state index in [2.05, 4.69) is 204 Å². The molecule has 0 radical (unpaired) electrons. The van der Waals surface area contributed by atoms with E-state index in [4.69, 9.17) is 9.15 Å². The molecule has 3 aliphatic carbocycles. The van der Waals surface area contributed by atoms with E-state index in [1.54, 1.807) is 0 Å². The van der Waals surface area contributed by atoms with Gasteiger partial charge in [-0.05, 0) is 150 Å². The summed E-state index contributed by atoms with van der Waals surface area (Å²) in [4.78, 5) is 0. The van der Waals surface area contributed by atoms with Crippen LogP contribution < -0.4 is 4.74 Å². The molecule has 2 atom stereocenters. The van der Waals surface area contributed by atoms with Gasteiger partial charge in [-0.25, -0.2) is 0 Å². The summed E-state index contributed by atoms with van der Waals surface area (Å²) < 4.78 is 12.6. The minimum absolute atomic E-state index is 0.0763. The lowest BCUT2D eigenvalue weighted by molar-refractivity contribution is 0.269. The molecule has 0 bridgehead atoms. The Balaban J connectivity index is 0.997. The maximum absolute atomic E-state index is 6.34. The first-order valence-electron chi connectivity index (χ1n) is 22.0. The molecule has 0 amide bonds. The van der Waals surface area contributed by atoms with Gasteiger partial charge in [-0.3, -0.25) is 0 Å². The van der Waals surface area contributed by atoms with E-state index < -0.39 is 0 Å². The summed E-state index contributed by atoms with van der Waals surface area (Å²) in [5.74, 6) is 1.25. The molecule has 2 heterocycles. The van der Waals surface area contributed by atoms with Crippen LogP contribution in [0.2, 0.25) is 0 Å². The van der Waals surface area contributed by atoms with Gasteiger partial charge in [-0.15, -0.1) is 0 Å². The number of rotatable bonds is 4. The van der Waals surface area contributed by atoms with Crippen molar-refractivity contribution in [2.75, 3.05) is 0 Å². The van der Waals surface area contributed by atoms with Crippen LogP contribution in [0.4, 0.5) is 0 Å². The highest BCUT2D eigenvalue weighted by Crippen LogP contribution is 2.62. The molecule has 62 heavy (non-hydrogen) atoms. The molecular formula is C60H44O2. The van der Waals surface area contributed by atoms with Crippen molar-refractivity contribution in [3.63, 3.8) is 0 Å². The maximum atomic E-state index is 6.34. The Labute approximate surface area is 362 Å². The van der Waals surface area contributed by atoms with Crippen molar-refractivity contribution < 1.29 is 9.15 Å². The first-order chi connectivity index (χ1) is 30.2. The molecule has 0 saturated carbocycles. The fourth-order valence-corrected chi connectivity index (χ4v) is 11.5. The minimum atomic E-state index is -0.273. The lowest BCUT2D eigenvalue weighted by atomic mass is 9.71. The van der Waals surface area contributed by atoms with Crippen LogP contribution in [0.1, 0.15) is 61.4 Å². The number of hydrogen-bond donors (Lipinski definition) is 0. The van der Waals surface area contributed by atoms with E-state index in [-0.39, 0.29) is 22.9 Å². The zero-order chi connectivity index (χ0) is 41.5. The molecule has 2 nitrogen and oxygen atoms in total. The summed E-state index contributed by atoms with van der Waals surface area (Å²) in [5.41, 5.74) is 23.5. The van der Waals surface area contributed by atoms with E-state index in [1.807, 2.05) is 6.07 Å². The highest BCUT2D eigenvalue weighted by Gasteiger charge is 2.47. The molecule has 2 heteroatoms. The van der Waals surface area contributed by atoms with Crippen LogP contribution in [0, 0.1) is 0 Å². The van der Waals surface area contributed by atoms with E-state index in [0.717, 1.165) is 27.7 Å². The first kappa shape index (κ1) is 35.6. The molecule has 0 N–H and O–H groups in total. The van der Waals surface area contributed by atoms with Crippen LogP contribution in [0.15, 0.2) is 186 Å². The summed E-state index contributed by atoms with van der Waals surface area (Å²) in [6.07, 6.45) is 8.77. The summed E-state index contributed by atoms with van der Waals surface area (Å²) in [5, 5.41) is 2.30. The van der Waals surface area contributed by atoms with Crippen molar-refractivity contribution >= 4 is 21.9 Å². The van der Waals surface area contributed by atoms with Crippen LogP contribution >= 0.6 is 0 Å². The van der Waals surface area contributed by atoms with Gasteiger partial charge in [0.1, 0.15) is 23.0 Å². The van der Waals surface area contributed by atoms with E-state index in [9.17, 15) is 0 Å². The zero-order valence-electron chi connectivity index (χ0n) is 35.3. The van der Waals surface area contributed by atoms with E-state index in [0.29, 0.717) is 0 Å². The van der Waals surface area contributed by atoms with E-state index in [1.165, 1.54) is 94.6 Å². The average Bonchev–Trinajstić information content (AvgIpc) is 4.00. The summed E-state index contributed by atoms with van der Waals surface area (Å²) in [7, 11) is 0. The molecular weight excluding hydrogens is 753 g/mol. The van der Waals surface area contributed by atoms with Gasteiger partial charge in [0.2, 0.25) is 0 Å². The highest BCUT2D eigenvalue weighted by molar-refractivity contribution is 6.07. The predicted molar refractivity (Wildman–Crippen MR) is 256 cm³/mol. The fourth-order valence-electron chi connectivity index (χ4n) is 11.5. The van der Waals surface area contributed by atoms with Crippen LogP contribution in [0.3, 0.4) is 0 Å². The zero-order valence-corrected chi connectivity index (χ0v) is 35.3. The van der Waals surface area contributed by atoms with E-state index >= 15 is 0 Å². The largest absolute Gasteiger partial charge is 0.485 e. The second-order valence-electron chi connectivity index (χ2n) is 18.8. The smallest absolute Gasteiger partial charge is 0.135 e. The molecule has 13 rings (SSSR count). The highest BCUT2D eigenvalue weighted by atomic mass is 16.5. The van der Waals surface area contributed by atoms with Gasteiger partial charge in [0.25, 0.3) is 0 Å². The van der Waals surface area contributed by atoms with Gasteiger partial charge in [0.15, 0.2) is 0 Å². The van der Waals surface area contributed by atoms with Crippen LogP contribution in [-0.4, -0.2) is 6.10 Å². The number of furan rings is 1. The Morgan fingerprint density at radius 3 is 1.90 bits per heavy atom. The molecule has 4 aliphatic rings. The van der Waals surface area contributed by atoms with Crippen LogP contribution in [0.5, 0.6) is 5.75 Å². The van der Waals surface area contributed by atoms with Crippen molar-refractivity contribution in [3.8, 4) is 72.5 Å². The number of hydrogen-bond acceptors (Lipinski definition) is 2. The first-order valence-corrected chi connectivity index (χ1v) is 22.0. The SMILES string of the molecule is CC1(C)c2cc(-c3ccc4c(c3)C3C=CC=CC3O4)ccc2-c2cc(-c3cccc(-c4ccccc4)c3)c3c(c21)C(C)(C)c1cc(-c2ccc4oc5ccccc5c4c2)ccc1-3. The minimum Gasteiger partial charge on any atom is -0.485 e. The second-order valence-corrected chi connectivity index (χ2v) is 18.8. The summed E-state index contributed by atoms with van der Waals surface area (Å²) in [6, 6.07) is 58.7. The Hall–Kier alpha value is -7.16. The molecule has 296 valence electrons. The molecule has 1 aliphatic heterocycles.